The first-order valence-electron chi connectivity index (χ1n) is 1.83. The van der Waals surface area contributed by atoms with Crippen molar-refractivity contribution in [2.45, 2.75) is 5.51 Å². The van der Waals surface area contributed by atoms with Gasteiger partial charge in [0.1, 0.15) is 0 Å². The number of hydrogen-bond acceptors (Lipinski definition) is 3. The minimum Gasteiger partial charge on any atom is -0.229 e. The van der Waals surface area contributed by atoms with Gasteiger partial charge in [0.05, 0.1) is 0 Å². The van der Waals surface area contributed by atoms with Crippen molar-refractivity contribution in [3.63, 3.8) is 0 Å². The Labute approximate surface area is 53.7 Å². The van der Waals surface area contributed by atoms with Crippen LogP contribution in [0, 0.1) is 0 Å². The average molecular weight is 182 g/mol. The Morgan fingerprint density at radius 2 is 1.70 bits per heavy atom. The van der Waals surface area contributed by atoms with E-state index in [4.69, 9.17) is 0 Å². The van der Waals surface area contributed by atoms with Crippen molar-refractivity contribution in [1.29, 1.82) is 0 Å². The summed E-state index contributed by atoms with van der Waals surface area (Å²) < 4.78 is 66.4. The topological polar surface area (TPSA) is 43.4 Å². The molecule has 0 bridgehead atoms. The summed E-state index contributed by atoms with van der Waals surface area (Å²) in [5.74, 6) is 0. The minimum absolute atomic E-state index is 2.01. The standard InChI is InChI=1S/C2H2F4O3S/c3-1-9-10(7,8)2(4,5)6/h1H2. The summed E-state index contributed by atoms with van der Waals surface area (Å²) in [5.41, 5.74) is -5.54. The van der Waals surface area contributed by atoms with Crippen LogP contribution >= 0.6 is 0 Å². The van der Waals surface area contributed by atoms with Crippen molar-refractivity contribution in [3.05, 3.63) is 0 Å². The lowest BCUT2D eigenvalue weighted by atomic mass is 11.6. The minimum atomic E-state index is -5.72. The second-order valence-corrected chi connectivity index (χ2v) is 2.73. The van der Waals surface area contributed by atoms with Crippen molar-refractivity contribution in [2.24, 2.45) is 0 Å². The molecule has 0 fully saturated rings. The molecule has 0 N–H and O–H groups in total. The van der Waals surface area contributed by atoms with E-state index in [1.165, 1.54) is 0 Å². The SMILES string of the molecule is O=S(=O)(OCF)C(F)(F)F. The molecule has 0 aliphatic heterocycles. The molecule has 10 heavy (non-hydrogen) atoms. The summed E-state index contributed by atoms with van der Waals surface area (Å²) in [7, 11) is -5.72. The Morgan fingerprint density at radius 1 is 1.30 bits per heavy atom. The molecule has 0 atom stereocenters. The van der Waals surface area contributed by atoms with E-state index < -0.39 is 22.5 Å². The Kier molecular flexibility index (Phi) is 2.60. The molecule has 0 spiro atoms. The summed E-state index contributed by atoms with van der Waals surface area (Å²) in [6.45, 7) is -2.01. The summed E-state index contributed by atoms with van der Waals surface area (Å²) in [4.78, 5) is 0. The van der Waals surface area contributed by atoms with Gasteiger partial charge in [-0.05, 0) is 0 Å². The predicted octanol–water partition coefficient (Wildman–Crippen LogP) is 0.780. The Bertz CT molecular complexity index is 191. The zero-order chi connectivity index (χ0) is 8.41. The molecule has 0 saturated heterocycles. The van der Waals surface area contributed by atoms with E-state index in [0.29, 0.717) is 0 Å². The van der Waals surface area contributed by atoms with Crippen LogP contribution in [-0.4, -0.2) is 20.8 Å². The van der Waals surface area contributed by atoms with Crippen LogP contribution in [-0.2, 0) is 14.3 Å². The first-order chi connectivity index (χ1) is 4.31. The van der Waals surface area contributed by atoms with Gasteiger partial charge < -0.3 is 0 Å². The quantitative estimate of drug-likeness (QED) is 0.360. The highest BCUT2D eigenvalue weighted by Crippen LogP contribution is 2.24. The largest absolute Gasteiger partial charge is 0.523 e. The highest BCUT2D eigenvalue weighted by Gasteiger charge is 2.47. The van der Waals surface area contributed by atoms with E-state index in [1.54, 1.807) is 0 Å². The molecule has 0 aliphatic carbocycles. The highest BCUT2D eigenvalue weighted by atomic mass is 32.2. The second-order valence-electron chi connectivity index (χ2n) is 1.13. The monoisotopic (exact) mass is 182 g/mol. The third-order valence-electron chi connectivity index (χ3n) is 0.483. The van der Waals surface area contributed by atoms with E-state index in [9.17, 15) is 26.0 Å². The van der Waals surface area contributed by atoms with Crippen molar-refractivity contribution < 1.29 is 30.2 Å². The fourth-order valence-corrected chi connectivity index (χ4v) is 0.376. The molecule has 0 aliphatic rings. The number of halogens is 4. The lowest BCUT2D eigenvalue weighted by Gasteiger charge is -2.03. The maximum absolute atomic E-state index is 11.1. The molecule has 0 heterocycles. The van der Waals surface area contributed by atoms with Crippen molar-refractivity contribution in [3.8, 4) is 0 Å². The van der Waals surface area contributed by atoms with Crippen LogP contribution in [0.4, 0.5) is 17.6 Å². The third-order valence-corrected chi connectivity index (χ3v) is 1.45. The van der Waals surface area contributed by atoms with Gasteiger partial charge in [0.15, 0.2) is 0 Å². The first-order valence-corrected chi connectivity index (χ1v) is 3.24. The van der Waals surface area contributed by atoms with Crippen LogP contribution in [0.2, 0.25) is 0 Å². The van der Waals surface area contributed by atoms with Gasteiger partial charge in [-0.3, -0.25) is 0 Å². The number of hydrogen-bond donors (Lipinski definition) is 0. The van der Waals surface area contributed by atoms with Crippen LogP contribution in [0.5, 0.6) is 0 Å². The van der Waals surface area contributed by atoms with Gasteiger partial charge in [-0.2, -0.15) is 21.6 Å². The fourth-order valence-electron chi connectivity index (χ4n) is 0.125. The molecular formula is C2H2F4O3S. The summed E-state index contributed by atoms with van der Waals surface area (Å²) in [6.07, 6.45) is 0. The normalized spacial score (nSPS) is 13.6. The molecule has 0 aromatic heterocycles. The van der Waals surface area contributed by atoms with Gasteiger partial charge in [0.25, 0.3) is 0 Å². The van der Waals surface area contributed by atoms with Gasteiger partial charge in [0.2, 0.25) is 6.86 Å². The molecule has 62 valence electrons. The van der Waals surface area contributed by atoms with Gasteiger partial charge in [-0.25, -0.2) is 8.57 Å². The van der Waals surface area contributed by atoms with E-state index in [2.05, 4.69) is 4.18 Å². The van der Waals surface area contributed by atoms with Crippen LogP contribution in [0.25, 0.3) is 0 Å². The number of rotatable bonds is 2. The molecule has 0 aromatic carbocycles. The molecule has 0 radical (unpaired) electrons. The van der Waals surface area contributed by atoms with Crippen molar-refractivity contribution >= 4 is 10.1 Å². The van der Waals surface area contributed by atoms with Crippen LogP contribution in [0.1, 0.15) is 0 Å². The van der Waals surface area contributed by atoms with Crippen LogP contribution < -0.4 is 0 Å². The first kappa shape index (κ1) is 9.63. The second kappa shape index (κ2) is 2.70. The zero-order valence-corrected chi connectivity index (χ0v) is 5.17. The molecule has 8 heteroatoms. The van der Waals surface area contributed by atoms with Crippen LogP contribution in [0.3, 0.4) is 0 Å². The Hall–Kier alpha value is -0.370. The molecule has 0 saturated carbocycles. The summed E-state index contributed by atoms with van der Waals surface area (Å²) in [5, 5.41) is 0. The lowest BCUT2D eigenvalue weighted by Crippen LogP contribution is -2.25. The molecule has 3 nitrogen and oxygen atoms in total. The van der Waals surface area contributed by atoms with E-state index in [0.717, 1.165) is 0 Å². The maximum atomic E-state index is 11.1. The van der Waals surface area contributed by atoms with E-state index >= 15 is 0 Å². The number of alkyl halides is 4. The lowest BCUT2D eigenvalue weighted by molar-refractivity contribution is -0.0567. The smallest absolute Gasteiger partial charge is 0.229 e. The zero-order valence-electron chi connectivity index (χ0n) is 4.35. The third kappa shape index (κ3) is 2.10. The Balaban J connectivity index is 4.44. The Morgan fingerprint density at radius 3 is 1.80 bits per heavy atom. The highest BCUT2D eigenvalue weighted by molar-refractivity contribution is 7.87. The van der Waals surface area contributed by atoms with Gasteiger partial charge >= 0.3 is 15.6 Å². The fraction of sp³-hybridized carbons (Fsp3) is 1.00. The van der Waals surface area contributed by atoms with Gasteiger partial charge in [-0.1, -0.05) is 0 Å². The van der Waals surface area contributed by atoms with Gasteiger partial charge in [-0.15, -0.1) is 0 Å². The van der Waals surface area contributed by atoms with Crippen molar-refractivity contribution in [1.82, 2.24) is 0 Å². The molecule has 0 aromatic rings. The molecular weight excluding hydrogens is 180 g/mol. The van der Waals surface area contributed by atoms with E-state index in [-0.39, 0.29) is 0 Å². The maximum Gasteiger partial charge on any atom is 0.523 e. The molecule has 0 amide bonds. The summed E-state index contributed by atoms with van der Waals surface area (Å²) in [6, 6.07) is 0. The summed E-state index contributed by atoms with van der Waals surface area (Å²) >= 11 is 0. The molecule has 0 rings (SSSR count). The predicted molar refractivity (Wildman–Crippen MR) is 22.0 cm³/mol. The van der Waals surface area contributed by atoms with Crippen molar-refractivity contribution in [2.75, 3.05) is 6.86 Å². The molecule has 0 unspecified atom stereocenters. The van der Waals surface area contributed by atoms with E-state index in [1.807, 2.05) is 0 Å². The average Bonchev–Trinajstić information content (AvgIpc) is 1.61. The van der Waals surface area contributed by atoms with Crippen LogP contribution in [0.15, 0.2) is 0 Å². The van der Waals surface area contributed by atoms with Gasteiger partial charge in [0, 0.05) is 0 Å².